The maximum Gasteiger partial charge on any atom is 0.363 e. The quantitative estimate of drug-likeness (QED) is 0.411. The first-order valence-corrected chi connectivity index (χ1v) is 5.24. The van der Waals surface area contributed by atoms with Gasteiger partial charge >= 0.3 is 5.69 Å². The Morgan fingerprint density at radius 3 is 3.00 bits per heavy atom. The number of phenols is 1. The van der Waals surface area contributed by atoms with Gasteiger partial charge in [0.25, 0.3) is 5.69 Å². The van der Waals surface area contributed by atoms with Gasteiger partial charge in [-0.15, -0.1) is 0 Å². The second-order valence-corrected chi connectivity index (χ2v) is 3.54. The van der Waals surface area contributed by atoms with E-state index in [1.807, 2.05) is 0 Å². The maximum absolute atomic E-state index is 10.9. The molecule has 1 aromatic carbocycles. The molecule has 1 aromatic heterocycles. The summed E-state index contributed by atoms with van der Waals surface area (Å²) in [5.74, 6) is -0.0759. The summed E-state index contributed by atoms with van der Waals surface area (Å²) in [6.45, 7) is 0. The number of hydrogen-bond donors (Lipinski definition) is 3. The largest absolute Gasteiger partial charge is 0.507 e. The summed E-state index contributed by atoms with van der Waals surface area (Å²) >= 11 is 0. The van der Waals surface area contributed by atoms with Crippen LogP contribution in [0.2, 0.25) is 0 Å². The fraction of sp³-hybridized carbons (Fsp3) is 0. The molecule has 0 unspecified atom stereocenters. The first-order chi connectivity index (χ1) is 9.56. The molecular weight excluding hydrogens is 268 g/mol. The van der Waals surface area contributed by atoms with Crippen molar-refractivity contribution in [3.05, 3.63) is 50.6 Å². The molecular formula is C10H8N6O4. The van der Waals surface area contributed by atoms with Crippen molar-refractivity contribution in [2.24, 2.45) is 5.10 Å². The number of H-pyrrole nitrogens is 1. The van der Waals surface area contributed by atoms with E-state index in [-0.39, 0.29) is 22.8 Å². The molecule has 0 saturated carbocycles. The molecule has 0 saturated heterocycles. The zero-order valence-electron chi connectivity index (χ0n) is 9.85. The van der Waals surface area contributed by atoms with Gasteiger partial charge in [-0.25, -0.2) is 9.89 Å². The summed E-state index contributed by atoms with van der Waals surface area (Å²) in [7, 11) is 0. The Balaban J connectivity index is 2.17. The van der Waals surface area contributed by atoms with Crippen molar-refractivity contribution in [1.29, 1.82) is 0 Å². The molecule has 0 spiro atoms. The van der Waals surface area contributed by atoms with E-state index in [1.165, 1.54) is 18.3 Å². The topological polar surface area (TPSA) is 146 Å². The number of rotatable bonds is 4. The highest BCUT2D eigenvalue weighted by Gasteiger charge is 2.08. The number of nitrogens with zero attached hydrogens (tertiary/aromatic N) is 4. The highest BCUT2D eigenvalue weighted by atomic mass is 16.6. The highest BCUT2D eigenvalue weighted by molar-refractivity contribution is 5.84. The minimum absolute atomic E-state index is 0.0925. The van der Waals surface area contributed by atoms with E-state index in [0.29, 0.717) is 0 Å². The molecule has 0 amide bonds. The van der Waals surface area contributed by atoms with Crippen LogP contribution >= 0.6 is 0 Å². The predicted octanol–water partition coefficient (Wildman–Crippen LogP) is 0.225. The number of hydrazone groups is 1. The Hall–Kier alpha value is -3.30. The van der Waals surface area contributed by atoms with Crippen LogP contribution in [0.25, 0.3) is 0 Å². The van der Waals surface area contributed by atoms with Crippen molar-refractivity contribution in [1.82, 2.24) is 15.2 Å². The Labute approximate surface area is 111 Å². The van der Waals surface area contributed by atoms with Crippen LogP contribution in [0.5, 0.6) is 5.75 Å². The van der Waals surface area contributed by atoms with Crippen molar-refractivity contribution in [2.45, 2.75) is 0 Å². The summed E-state index contributed by atoms with van der Waals surface area (Å²) < 4.78 is 0. The molecule has 0 bridgehead atoms. The van der Waals surface area contributed by atoms with Gasteiger partial charge in [0, 0.05) is 17.7 Å². The Morgan fingerprint density at radius 2 is 2.30 bits per heavy atom. The normalized spacial score (nSPS) is 10.6. The molecule has 2 rings (SSSR count). The van der Waals surface area contributed by atoms with E-state index in [9.17, 15) is 20.0 Å². The number of aromatic nitrogens is 3. The van der Waals surface area contributed by atoms with Crippen molar-refractivity contribution < 1.29 is 10.0 Å². The number of phenolic OH excluding ortho intramolecular Hbond substituents is 1. The van der Waals surface area contributed by atoms with Crippen LogP contribution in [0, 0.1) is 10.1 Å². The van der Waals surface area contributed by atoms with Gasteiger partial charge in [-0.2, -0.15) is 15.2 Å². The second kappa shape index (κ2) is 5.56. The lowest BCUT2D eigenvalue weighted by molar-refractivity contribution is -0.384. The molecule has 0 aliphatic rings. The van der Waals surface area contributed by atoms with E-state index in [0.717, 1.165) is 12.3 Å². The number of nitrogens with one attached hydrogen (secondary N) is 2. The first-order valence-electron chi connectivity index (χ1n) is 5.24. The van der Waals surface area contributed by atoms with Gasteiger partial charge < -0.3 is 5.11 Å². The fourth-order valence-corrected chi connectivity index (χ4v) is 1.29. The van der Waals surface area contributed by atoms with E-state index in [1.54, 1.807) is 0 Å². The van der Waals surface area contributed by atoms with Gasteiger partial charge in [0.2, 0.25) is 0 Å². The molecule has 0 atom stereocenters. The Bertz CT molecular complexity index is 726. The average Bonchev–Trinajstić information content (AvgIpc) is 2.40. The van der Waals surface area contributed by atoms with Crippen molar-refractivity contribution in [3.63, 3.8) is 0 Å². The lowest BCUT2D eigenvalue weighted by atomic mass is 10.2. The van der Waals surface area contributed by atoms with Crippen molar-refractivity contribution in [3.8, 4) is 5.75 Å². The van der Waals surface area contributed by atoms with Gasteiger partial charge in [0.15, 0.2) is 5.82 Å². The monoisotopic (exact) mass is 276 g/mol. The maximum atomic E-state index is 10.9. The molecule has 0 radical (unpaired) electrons. The Kier molecular flexibility index (Phi) is 3.65. The number of nitro benzene ring substituents is 1. The van der Waals surface area contributed by atoms with Gasteiger partial charge in [-0.1, -0.05) is 0 Å². The van der Waals surface area contributed by atoms with Gasteiger partial charge in [0.1, 0.15) is 5.75 Å². The molecule has 2 aromatic rings. The number of hydrogen-bond acceptors (Lipinski definition) is 8. The van der Waals surface area contributed by atoms with E-state index in [4.69, 9.17) is 0 Å². The zero-order chi connectivity index (χ0) is 14.5. The molecule has 3 N–H and O–H groups in total. The Morgan fingerprint density at radius 1 is 1.50 bits per heavy atom. The molecule has 10 nitrogen and oxygen atoms in total. The lowest BCUT2D eigenvalue weighted by Crippen LogP contribution is -2.13. The predicted molar refractivity (Wildman–Crippen MR) is 68.6 cm³/mol. The SMILES string of the molecule is O=c1nc(N/N=C\c2cc([N+](=O)[O-])ccc2O)cn[nH]1. The van der Waals surface area contributed by atoms with Crippen molar-refractivity contribution >= 4 is 17.7 Å². The molecule has 20 heavy (non-hydrogen) atoms. The van der Waals surface area contributed by atoms with E-state index < -0.39 is 10.6 Å². The summed E-state index contributed by atoms with van der Waals surface area (Å²) in [4.78, 5) is 24.4. The highest BCUT2D eigenvalue weighted by Crippen LogP contribution is 2.21. The van der Waals surface area contributed by atoms with E-state index >= 15 is 0 Å². The van der Waals surface area contributed by atoms with Crippen LogP contribution < -0.4 is 11.1 Å². The standard InChI is InChI=1S/C10H8N6O4/c17-8-2-1-7(16(19)20)3-6(8)4-11-14-9-5-12-15-10(18)13-9/h1-5,17H,(H2,13,14,15,18)/b11-4-. The summed E-state index contributed by atoms with van der Waals surface area (Å²) in [5, 5.41) is 29.4. The first kappa shape index (κ1) is 13.1. The van der Waals surface area contributed by atoms with Gasteiger partial charge in [0.05, 0.1) is 17.3 Å². The molecule has 0 aliphatic carbocycles. The fourth-order valence-electron chi connectivity index (χ4n) is 1.29. The molecule has 10 heteroatoms. The van der Waals surface area contributed by atoms with Crippen LogP contribution in [0.3, 0.4) is 0 Å². The molecule has 102 valence electrons. The van der Waals surface area contributed by atoms with Crippen molar-refractivity contribution in [2.75, 3.05) is 5.43 Å². The van der Waals surface area contributed by atoms with Crippen LogP contribution in [0.4, 0.5) is 11.5 Å². The molecule has 1 heterocycles. The number of aromatic amines is 1. The van der Waals surface area contributed by atoms with Gasteiger partial charge in [-0.3, -0.25) is 15.5 Å². The minimum Gasteiger partial charge on any atom is -0.507 e. The average molecular weight is 276 g/mol. The smallest absolute Gasteiger partial charge is 0.363 e. The number of anilines is 1. The van der Waals surface area contributed by atoms with Crippen LogP contribution in [0.15, 0.2) is 34.3 Å². The molecule has 0 fully saturated rings. The lowest BCUT2D eigenvalue weighted by Gasteiger charge is -1.99. The van der Waals surface area contributed by atoms with E-state index in [2.05, 4.69) is 25.7 Å². The minimum atomic E-state index is -0.650. The third-order valence-corrected chi connectivity index (χ3v) is 2.17. The van der Waals surface area contributed by atoms with Gasteiger partial charge in [-0.05, 0) is 6.07 Å². The third kappa shape index (κ3) is 3.13. The third-order valence-electron chi connectivity index (χ3n) is 2.17. The second-order valence-electron chi connectivity index (χ2n) is 3.54. The number of aromatic hydroxyl groups is 1. The number of non-ortho nitro benzene ring substituents is 1. The number of nitro groups is 1. The summed E-state index contributed by atoms with van der Waals surface area (Å²) in [6.07, 6.45) is 2.39. The number of benzene rings is 1. The summed E-state index contributed by atoms with van der Waals surface area (Å²) in [6, 6.07) is 3.51. The summed E-state index contributed by atoms with van der Waals surface area (Å²) in [5.41, 5.74) is 1.72. The van der Waals surface area contributed by atoms with Crippen LogP contribution in [-0.4, -0.2) is 31.4 Å². The van der Waals surface area contributed by atoms with Crippen LogP contribution in [-0.2, 0) is 0 Å². The molecule has 0 aliphatic heterocycles. The van der Waals surface area contributed by atoms with Crippen LogP contribution in [0.1, 0.15) is 5.56 Å². The zero-order valence-corrected chi connectivity index (χ0v) is 9.85.